The molecule has 0 saturated carbocycles. The fourth-order valence-electron chi connectivity index (χ4n) is 12.6. The van der Waals surface area contributed by atoms with Crippen LogP contribution in [-0.4, -0.2) is 26.5 Å². The molecule has 0 N–H and O–H groups in total. The topological polar surface area (TPSA) is 32.8 Å². The zero-order valence-electron chi connectivity index (χ0n) is 40.5. The van der Waals surface area contributed by atoms with E-state index in [1.807, 2.05) is 0 Å². The van der Waals surface area contributed by atoms with Crippen LogP contribution in [0.4, 0.5) is 34.1 Å². The van der Waals surface area contributed by atoms with E-state index in [1.54, 1.807) is 8.79 Å². The van der Waals surface area contributed by atoms with Gasteiger partial charge in [-0.25, -0.2) is 0 Å². The molecule has 15 rings (SSSR count). The Hall–Kier alpha value is -7.77. The standard InChI is InChI=1S/C66H48Ge2N2O2/c1-67(2)55-23-13-11-21-49(55)65-57(67)25-15-27-59(65)69(45-17-7-5-8-18-45)47-31-29-41-35-51-53-39-54-52-36-42-30-32-48(34-44(42)38-62(52)72-64(54)40-63(53)71-61(51)37-43(41)33-47)70(46-19-9-6-10-20-46)60-28-16-26-58-66(60)50-22-12-14-24-56(50)68(58,3)4/h5-40H,1-4H3. The SMILES string of the molecule is [CH3][Ge]1([CH3])[c]2ccccc2-c2c(N(c3ccccc3)c3ccc4cc5c(cc4c3)oc3cc4oc6cc7cc(N(c8ccccc8)c8ccc[c]9c8-c8cccc[c]8[Ge]9([CH3])[CH3])ccc7cc6c4cc35)ccc[c]21. The molecule has 0 saturated heterocycles. The molecule has 11 aromatic carbocycles. The predicted molar refractivity (Wildman–Crippen MR) is 310 cm³/mol. The molecular formula is C66H48Ge2N2O2. The van der Waals surface area contributed by atoms with Crippen molar-refractivity contribution in [1.82, 2.24) is 0 Å². The molecule has 0 radical (unpaired) electrons. The summed E-state index contributed by atoms with van der Waals surface area (Å²) in [5, 5.41) is 8.96. The number of nitrogens with zero attached hydrogens (tertiary/aromatic N) is 2. The number of hydrogen-bond acceptors (Lipinski definition) is 4. The van der Waals surface area contributed by atoms with Gasteiger partial charge in [-0.1, -0.05) is 0 Å². The number of benzene rings is 11. The Morgan fingerprint density at radius 2 is 0.681 bits per heavy atom. The van der Waals surface area contributed by atoms with E-state index in [4.69, 9.17) is 8.83 Å². The summed E-state index contributed by atoms with van der Waals surface area (Å²) in [6, 6.07) is 80.9. The van der Waals surface area contributed by atoms with Crippen LogP contribution in [0.2, 0.25) is 23.0 Å². The maximum atomic E-state index is 6.76. The second-order valence-electron chi connectivity index (χ2n) is 20.9. The number of furan rings is 2. The van der Waals surface area contributed by atoms with Crippen LogP contribution in [0.1, 0.15) is 0 Å². The summed E-state index contributed by atoms with van der Waals surface area (Å²) in [6.45, 7) is 0. The van der Waals surface area contributed by atoms with Crippen molar-refractivity contribution >= 4 is 144 Å². The Labute approximate surface area is 423 Å². The van der Waals surface area contributed by atoms with E-state index >= 15 is 0 Å². The van der Waals surface area contributed by atoms with Crippen molar-refractivity contribution in [2.75, 3.05) is 9.80 Å². The predicted octanol–water partition coefficient (Wildman–Crippen LogP) is 16.3. The average Bonchev–Trinajstić information content (AvgIpc) is 4.08. The van der Waals surface area contributed by atoms with Gasteiger partial charge in [0, 0.05) is 0 Å². The molecule has 0 amide bonds. The van der Waals surface area contributed by atoms with E-state index in [2.05, 4.69) is 251 Å². The summed E-state index contributed by atoms with van der Waals surface area (Å²) in [7, 11) is 0. The Morgan fingerprint density at radius 1 is 0.292 bits per heavy atom. The molecule has 4 heterocycles. The summed E-state index contributed by atoms with van der Waals surface area (Å²) < 4.78 is 19.7. The minimum atomic E-state index is -2.50. The normalized spacial score (nSPS) is 14.1. The first-order valence-electron chi connectivity index (χ1n) is 25.1. The first kappa shape index (κ1) is 42.0. The molecule has 342 valence electrons. The summed E-state index contributed by atoms with van der Waals surface area (Å²) >= 11 is -5.01. The van der Waals surface area contributed by atoms with E-state index < -0.39 is 26.5 Å². The monoisotopic (exact) mass is 1050 g/mol. The van der Waals surface area contributed by atoms with Gasteiger partial charge < -0.3 is 0 Å². The zero-order valence-corrected chi connectivity index (χ0v) is 44.7. The van der Waals surface area contributed by atoms with E-state index in [0.29, 0.717) is 0 Å². The van der Waals surface area contributed by atoms with Crippen LogP contribution in [-0.2, 0) is 0 Å². The molecule has 2 aromatic heterocycles. The number of para-hydroxylation sites is 2. The van der Waals surface area contributed by atoms with Crippen molar-refractivity contribution in [1.29, 1.82) is 0 Å². The van der Waals surface area contributed by atoms with E-state index in [9.17, 15) is 0 Å². The molecule has 0 unspecified atom stereocenters. The molecule has 13 aromatic rings. The van der Waals surface area contributed by atoms with Gasteiger partial charge >= 0.3 is 426 Å². The zero-order chi connectivity index (χ0) is 48.0. The number of anilines is 6. The van der Waals surface area contributed by atoms with E-state index in [1.165, 1.54) is 53.2 Å². The molecule has 0 atom stereocenters. The summed E-state index contributed by atoms with van der Waals surface area (Å²) in [5.74, 6) is 10.1. The maximum absolute atomic E-state index is 6.76. The van der Waals surface area contributed by atoms with Crippen LogP contribution >= 0.6 is 0 Å². The molecule has 0 fully saturated rings. The van der Waals surface area contributed by atoms with E-state index in [-0.39, 0.29) is 0 Å². The van der Waals surface area contributed by atoms with Gasteiger partial charge in [-0.2, -0.15) is 0 Å². The van der Waals surface area contributed by atoms with Gasteiger partial charge in [0.25, 0.3) is 0 Å². The van der Waals surface area contributed by atoms with Crippen molar-refractivity contribution in [3.8, 4) is 22.3 Å². The number of fused-ring (bicyclic) bond motifs is 14. The molecule has 6 heteroatoms. The van der Waals surface area contributed by atoms with Gasteiger partial charge in [-0.15, -0.1) is 0 Å². The van der Waals surface area contributed by atoms with Gasteiger partial charge in [0.05, 0.1) is 0 Å². The molecule has 72 heavy (non-hydrogen) atoms. The van der Waals surface area contributed by atoms with Crippen molar-refractivity contribution in [3.05, 3.63) is 218 Å². The first-order valence-corrected chi connectivity index (χ1v) is 37.7. The molecular weight excluding hydrogens is 998 g/mol. The van der Waals surface area contributed by atoms with Crippen LogP contribution in [0.5, 0.6) is 0 Å². The second-order valence-corrected chi connectivity index (χ2v) is 39.0. The Kier molecular flexibility index (Phi) is 8.95. The second kappa shape index (κ2) is 15.4. The third-order valence-corrected chi connectivity index (χ3v) is 31.0. The van der Waals surface area contributed by atoms with Gasteiger partial charge in [0.1, 0.15) is 0 Å². The fraction of sp³-hybridized carbons (Fsp3) is 0.0606. The Bertz CT molecular complexity index is 4140. The van der Waals surface area contributed by atoms with Gasteiger partial charge in [0.2, 0.25) is 0 Å². The fourth-order valence-corrected chi connectivity index (χ4v) is 25.6. The van der Waals surface area contributed by atoms with Crippen molar-refractivity contribution in [2.45, 2.75) is 23.0 Å². The number of rotatable bonds is 6. The molecule has 2 aliphatic rings. The molecule has 0 spiro atoms. The van der Waals surface area contributed by atoms with Crippen LogP contribution in [0.25, 0.3) is 87.7 Å². The van der Waals surface area contributed by atoms with Gasteiger partial charge in [0.15, 0.2) is 0 Å². The van der Waals surface area contributed by atoms with Crippen LogP contribution in [0.15, 0.2) is 227 Å². The van der Waals surface area contributed by atoms with Gasteiger partial charge in [-0.3, -0.25) is 0 Å². The molecule has 4 nitrogen and oxygen atoms in total. The molecule has 0 aliphatic carbocycles. The van der Waals surface area contributed by atoms with Crippen molar-refractivity contribution < 1.29 is 8.83 Å². The third-order valence-electron chi connectivity index (χ3n) is 16.1. The minimum absolute atomic E-state index is 0.819. The van der Waals surface area contributed by atoms with Crippen LogP contribution < -0.4 is 27.4 Å². The van der Waals surface area contributed by atoms with Crippen LogP contribution in [0, 0.1) is 0 Å². The van der Waals surface area contributed by atoms with Crippen molar-refractivity contribution in [2.24, 2.45) is 0 Å². The quantitative estimate of drug-likeness (QED) is 0.155. The molecule has 0 bridgehead atoms. The average molecular weight is 1050 g/mol. The third kappa shape index (κ3) is 6.06. The van der Waals surface area contributed by atoms with Gasteiger partial charge in [-0.05, 0) is 0 Å². The summed E-state index contributed by atoms with van der Waals surface area (Å²) in [5.41, 5.74) is 15.8. The number of hydrogen-bond donors (Lipinski definition) is 0. The summed E-state index contributed by atoms with van der Waals surface area (Å²) in [6.07, 6.45) is 0. The van der Waals surface area contributed by atoms with Crippen LogP contribution in [0.3, 0.4) is 0 Å². The summed E-state index contributed by atoms with van der Waals surface area (Å²) in [4.78, 5) is 4.89. The Balaban J connectivity index is 0.833. The first-order chi connectivity index (χ1) is 35.2. The van der Waals surface area contributed by atoms with Crippen molar-refractivity contribution in [3.63, 3.8) is 0 Å². The molecule has 2 aliphatic heterocycles. The Morgan fingerprint density at radius 3 is 1.14 bits per heavy atom. The van der Waals surface area contributed by atoms with E-state index in [0.717, 1.165) is 77.4 Å².